The summed E-state index contributed by atoms with van der Waals surface area (Å²) in [7, 11) is 0. The summed E-state index contributed by atoms with van der Waals surface area (Å²) in [6.45, 7) is 3.09. The number of rotatable bonds is 7. The molecule has 0 spiro atoms. The normalized spacial score (nSPS) is 20.4. The van der Waals surface area contributed by atoms with Crippen LogP contribution in [0, 0.1) is 5.92 Å². The average Bonchev–Trinajstić information content (AvgIpc) is 3.33. The van der Waals surface area contributed by atoms with Crippen LogP contribution in [0.2, 0.25) is 0 Å². The largest absolute Gasteiger partial charge is 0.461 e. The van der Waals surface area contributed by atoms with Gasteiger partial charge < -0.3 is 15.0 Å². The first-order valence-corrected chi connectivity index (χ1v) is 9.65. The van der Waals surface area contributed by atoms with Crippen LogP contribution in [-0.4, -0.2) is 53.4 Å². The Balaban J connectivity index is 1.43. The Kier molecular flexibility index (Phi) is 5.67. The molecule has 1 saturated carbocycles. The quantitative estimate of drug-likeness (QED) is 0.738. The number of amides is 2. The first-order chi connectivity index (χ1) is 12.1. The Morgan fingerprint density at radius 3 is 2.92 bits per heavy atom. The lowest BCUT2D eigenvalue weighted by atomic mass is 9.96. The van der Waals surface area contributed by atoms with Gasteiger partial charge in [0, 0.05) is 37.4 Å². The second-order valence-corrected chi connectivity index (χ2v) is 7.34. The summed E-state index contributed by atoms with van der Waals surface area (Å²) < 4.78 is 4.91. The van der Waals surface area contributed by atoms with Crippen LogP contribution >= 0.6 is 11.3 Å². The number of carbonyl (C=O) groups excluding carboxylic acids is 3. The summed E-state index contributed by atoms with van der Waals surface area (Å²) >= 11 is 1.39. The lowest BCUT2D eigenvalue weighted by Crippen LogP contribution is -2.46. The Morgan fingerprint density at radius 1 is 1.40 bits per heavy atom. The van der Waals surface area contributed by atoms with E-state index in [0.29, 0.717) is 50.7 Å². The lowest BCUT2D eigenvalue weighted by molar-refractivity contribution is -0.138. The molecular weight excluding hydrogens is 342 g/mol. The van der Waals surface area contributed by atoms with Crippen LogP contribution in [0.5, 0.6) is 0 Å². The van der Waals surface area contributed by atoms with Gasteiger partial charge in [0.25, 0.3) is 0 Å². The van der Waals surface area contributed by atoms with Crippen molar-refractivity contribution in [3.05, 3.63) is 16.1 Å². The monoisotopic (exact) mass is 365 g/mol. The molecule has 2 fully saturated rings. The first kappa shape index (κ1) is 17.8. The molecule has 1 N–H and O–H groups in total. The Bertz CT molecular complexity index is 656. The van der Waals surface area contributed by atoms with Crippen molar-refractivity contribution in [3.63, 3.8) is 0 Å². The number of likely N-dealkylation sites (tertiary alicyclic amines) is 1. The van der Waals surface area contributed by atoms with Gasteiger partial charge in [-0.15, -0.1) is 11.3 Å². The number of aromatic nitrogens is 1. The number of esters is 1. The molecule has 136 valence electrons. The summed E-state index contributed by atoms with van der Waals surface area (Å²) in [4.78, 5) is 41.9. The van der Waals surface area contributed by atoms with E-state index >= 15 is 0 Å². The van der Waals surface area contributed by atoms with Crippen LogP contribution in [-0.2, 0) is 20.7 Å². The van der Waals surface area contributed by atoms with Gasteiger partial charge in [0.2, 0.25) is 11.8 Å². The van der Waals surface area contributed by atoms with Gasteiger partial charge in [-0.2, -0.15) is 0 Å². The van der Waals surface area contributed by atoms with Gasteiger partial charge in [-0.3, -0.25) is 9.59 Å². The summed E-state index contributed by atoms with van der Waals surface area (Å²) in [6.07, 6.45) is 3.79. The number of thiazole rings is 1. The third-order valence-corrected chi connectivity index (χ3v) is 5.39. The van der Waals surface area contributed by atoms with Gasteiger partial charge in [-0.25, -0.2) is 9.78 Å². The van der Waals surface area contributed by atoms with E-state index in [0.717, 1.165) is 17.8 Å². The van der Waals surface area contributed by atoms with E-state index in [2.05, 4.69) is 10.3 Å². The molecule has 1 aromatic heterocycles. The molecule has 7 nitrogen and oxygen atoms in total. The van der Waals surface area contributed by atoms with Gasteiger partial charge >= 0.3 is 5.97 Å². The van der Waals surface area contributed by atoms with Crippen molar-refractivity contribution in [2.75, 3.05) is 19.7 Å². The van der Waals surface area contributed by atoms with Crippen LogP contribution in [0.3, 0.4) is 0 Å². The van der Waals surface area contributed by atoms with Crippen molar-refractivity contribution in [3.8, 4) is 0 Å². The molecule has 1 aliphatic heterocycles. The zero-order valence-electron chi connectivity index (χ0n) is 14.3. The average molecular weight is 365 g/mol. The highest BCUT2D eigenvalue weighted by atomic mass is 32.1. The number of hydrogen-bond donors (Lipinski definition) is 1. The minimum atomic E-state index is -0.416. The summed E-state index contributed by atoms with van der Waals surface area (Å²) in [5.74, 6) is -0.355. The second kappa shape index (κ2) is 7.95. The first-order valence-electron chi connectivity index (χ1n) is 8.77. The smallest absolute Gasteiger partial charge is 0.357 e. The summed E-state index contributed by atoms with van der Waals surface area (Å²) in [5, 5.41) is 5.40. The predicted molar refractivity (Wildman–Crippen MR) is 92.2 cm³/mol. The molecule has 2 amide bonds. The Hall–Kier alpha value is -1.96. The third-order valence-electron chi connectivity index (χ3n) is 4.48. The number of hydrogen-bond acceptors (Lipinski definition) is 6. The van der Waals surface area contributed by atoms with Crippen LogP contribution in [0.15, 0.2) is 5.38 Å². The number of ether oxygens (including phenoxy) is 1. The van der Waals surface area contributed by atoms with E-state index in [1.807, 2.05) is 4.90 Å². The molecule has 0 aromatic carbocycles. The van der Waals surface area contributed by atoms with E-state index in [-0.39, 0.29) is 17.7 Å². The SMILES string of the molecule is CCOC(=O)c1csc(CCNC(=O)[C@@H]2CCC(=O)N(C3CC3)C2)n1. The maximum absolute atomic E-state index is 12.3. The highest BCUT2D eigenvalue weighted by Gasteiger charge is 2.38. The van der Waals surface area contributed by atoms with Crippen molar-refractivity contribution in [2.24, 2.45) is 5.92 Å². The molecule has 8 heteroatoms. The van der Waals surface area contributed by atoms with Gasteiger partial charge in [-0.1, -0.05) is 0 Å². The molecule has 1 saturated heterocycles. The minimum Gasteiger partial charge on any atom is -0.461 e. The standard InChI is InChI=1S/C17H23N3O4S/c1-2-24-17(23)13-10-25-14(19-13)7-8-18-16(22)11-3-6-15(21)20(9-11)12-4-5-12/h10-12H,2-9H2,1H3,(H,18,22)/t11-/m1/s1. The lowest BCUT2D eigenvalue weighted by Gasteiger charge is -2.32. The zero-order chi connectivity index (χ0) is 17.8. The molecule has 1 aromatic rings. The summed E-state index contributed by atoms with van der Waals surface area (Å²) in [5.41, 5.74) is 0.319. The van der Waals surface area contributed by atoms with E-state index in [1.165, 1.54) is 11.3 Å². The van der Waals surface area contributed by atoms with Gasteiger partial charge in [0.15, 0.2) is 5.69 Å². The van der Waals surface area contributed by atoms with E-state index < -0.39 is 5.97 Å². The van der Waals surface area contributed by atoms with Crippen molar-refractivity contribution in [1.82, 2.24) is 15.2 Å². The number of nitrogens with zero attached hydrogens (tertiary/aromatic N) is 2. The topological polar surface area (TPSA) is 88.6 Å². The predicted octanol–water partition coefficient (Wildman–Crippen LogP) is 1.38. The van der Waals surface area contributed by atoms with Crippen LogP contribution in [0.25, 0.3) is 0 Å². The highest BCUT2D eigenvalue weighted by molar-refractivity contribution is 7.09. The van der Waals surface area contributed by atoms with Crippen molar-refractivity contribution >= 4 is 29.1 Å². The fraction of sp³-hybridized carbons (Fsp3) is 0.647. The molecule has 25 heavy (non-hydrogen) atoms. The number of piperidine rings is 1. The van der Waals surface area contributed by atoms with Crippen molar-refractivity contribution in [2.45, 2.75) is 45.1 Å². The van der Waals surface area contributed by atoms with Gasteiger partial charge in [0.05, 0.1) is 17.5 Å². The minimum absolute atomic E-state index is 0.000298. The van der Waals surface area contributed by atoms with E-state index in [9.17, 15) is 14.4 Å². The Morgan fingerprint density at radius 2 is 2.20 bits per heavy atom. The third kappa shape index (κ3) is 4.56. The Labute approximate surface area is 150 Å². The van der Waals surface area contributed by atoms with Crippen molar-refractivity contribution < 1.29 is 19.1 Å². The van der Waals surface area contributed by atoms with E-state index in [1.54, 1.807) is 12.3 Å². The zero-order valence-corrected chi connectivity index (χ0v) is 15.1. The maximum Gasteiger partial charge on any atom is 0.357 e. The van der Waals surface area contributed by atoms with Crippen LogP contribution in [0.1, 0.15) is 48.1 Å². The molecular formula is C17H23N3O4S. The molecule has 2 aliphatic rings. The summed E-state index contributed by atoms with van der Waals surface area (Å²) in [6, 6.07) is 0.361. The molecule has 0 radical (unpaired) electrons. The highest BCUT2D eigenvalue weighted by Crippen LogP contribution is 2.31. The molecule has 1 aliphatic carbocycles. The van der Waals surface area contributed by atoms with Crippen LogP contribution in [0.4, 0.5) is 0 Å². The van der Waals surface area contributed by atoms with Gasteiger partial charge in [0.1, 0.15) is 0 Å². The maximum atomic E-state index is 12.3. The van der Waals surface area contributed by atoms with Gasteiger partial charge in [-0.05, 0) is 26.2 Å². The number of nitrogens with one attached hydrogen (secondary N) is 1. The fourth-order valence-electron chi connectivity index (χ4n) is 2.99. The molecule has 0 bridgehead atoms. The molecule has 2 heterocycles. The fourth-order valence-corrected chi connectivity index (χ4v) is 3.75. The van der Waals surface area contributed by atoms with E-state index in [4.69, 9.17) is 4.74 Å². The second-order valence-electron chi connectivity index (χ2n) is 6.40. The molecule has 3 rings (SSSR count). The van der Waals surface area contributed by atoms with Crippen LogP contribution < -0.4 is 5.32 Å². The van der Waals surface area contributed by atoms with Crippen molar-refractivity contribution in [1.29, 1.82) is 0 Å². The number of carbonyl (C=O) groups is 3. The molecule has 1 atom stereocenters. The molecule has 0 unspecified atom stereocenters.